The third-order valence-corrected chi connectivity index (χ3v) is 6.02. The fraction of sp³-hybridized carbons (Fsp3) is 0.379. The maximum absolute atomic E-state index is 11.2. The van der Waals surface area contributed by atoms with Crippen LogP contribution in [0.2, 0.25) is 0 Å². The summed E-state index contributed by atoms with van der Waals surface area (Å²) in [5.74, 6) is 2.25. The Hall–Kier alpha value is -3.22. The highest BCUT2D eigenvalue weighted by atomic mass is 16.5. The summed E-state index contributed by atoms with van der Waals surface area (Å²) in [5, 5.41) is 22.0. The highest BCUT2D eigenvalue weighted by Crippen LogP contribution is 2.49. The second-order valence-electron chi connectivity index (χ2n) is 8.31. The Bertz CT molecular complexity index is 1120. The topological polar surface area (TPSA) is 77.4 Å². The van der Waals surface area contributed by atoms with Crippen molar-refractivity contribution in [2.45, 2.75) is 45.3 Å². The van der Waals surface area contributed by atoms with E-state index in [1.54, 1.807) is 33.5 Å². The van der Waals surface area contributed by atoms with Crippen molar-refractivity contribution < 1.29 is 29.2 Å². The van der Waals surface area contributed by atoms with Crippen molar-refractivity contribution in [3.05, 3.63) is 71.3 Å². The van der Waals surface area contributed by atoms with Gasteiger partial charge in [0, 0.05) is 17.0 Å². The fourth-order valence-electron chi connectivity index (χ4n) is 4.32. The SMILES string of the molecule is CCCCC(O)c1c(C/C=C/CO)cc2c(OC)c(OC)cc(OCc3ccccc3)c2c1OC. The molecule has 2 N–H and O–H groups in total. The van der Waals surface area contributed by atoms with Crippen LogP contribution in [-0.4, -0.2) is 38.1 Å². The molecule has 0 aromatic heterocycles. The molecular weight excluding hydrogens is 444 g/mol. The number of aliphatic hydroxyl groups excluding tert-OH is 2. The second kappa shape index (κ2) is 13.0. The third kappa shape index (κ3) is 6.08. The molecule has 0 radical (unpaired) electrons. The molecule has 0 aliphatic rings. The molecule has 0 fully saturated rings. The van der Waals surface area contributed by atoms with Crippen molar-refractivity contribution in [1.82, 2.24) is 0 Å². The number of rotatable bonds is 13. The van der Waals surface area contributed by atoms with E-state index in [1.165, 1.54) is 0 Å². The molecule has 0 heterocycles. The normalized spacial score (nSPS) is 12.2. The zero-order valence-electron chi connectivity index (χ0n) is 21.0. The molecule has 3 rings (SSSR count). The maximum Gasteiger partial charge on any atom is 0.168 e. The standard InChI is InChI=1S/C29H36O6/c1-5-6-15-23(31)26-21(14-10-11-16-30)17-22-27(29(26)34-4)24(18-25(32-2)28(22)33-3)35-19-20-12-8-7-9-13-20/h7-13,17-18,23,30-31H,5-6,14-16,19H2,1-4H3/b11-10+. The average molecular weight is 481 g/mol. The molecule has 0 aliphatic carbocycles. The molecule has 1 unspecified atom stereocenters. The Morgan fingerprint density at radius 1 is 0.914 bits per heavy atom. The Morgan fingerprint density at radius 3 is 2.29 bits per heavy atom. The smallest absolute Gasteiger partial charge is 0.168 e. The van der Waals surface area contributed by atoms with Gasteiger partial charge in [0.1, 0.15) is 18.1 Å². The summed E-state index contributed by atoms with van der Waals surface area (Å²) in [7, 11) is 4.80. The van der Waals surface area contributed by atoms with Gasteiger partial charge < -0.3 is 29.2 Å². The molecular formula is C29H36O6. The van der Waals surface area contributed by atoms with Crippen LogP contribution in [0.3, 0.4) is 0 Å². The van der Waals surface area contributed by atoms with Crippen LogP contribution in [0.25, 0.3) is 10.8 Å². The van der Waals surface area contributed by atoms with Crippen molar-refractivity contribution >= 4 is 10.8 Å². The molecule has 3 aromatic rings. The summed E-state index contributed by atoms with van der Waals surface area (Å²) >= 11 is 0. The van der Waals surface area contributed by atoms with Crippen molar-refractivity contribution in [3.63, 3.8) is 0 Å². The van der Waals surface area contributed by atoms with Gasteiger partial charge >= 0.3 is 0 Å². The molecule has 6 heteroatoms. The highest BCUT2D eigenvalue weighted by molar-refractivity contribution is 6.01. The Balaban J connectivity index is 2.28. The number of aliphatic hydroxyl groups is 2. The number of ether oxygens (including phenoxy) is 4. The van der Waals surface area contributed by atoms with E-state index >= 15 is 0 Å². The van der Waals surface area contributed by atoms with Crippen LogP contribution in [0.15, 0.2) is 54.6 Å². The van der Waals surface area contributed by atoms with E-state index in [0.717, 1.165) is 40.3 Å². The van der Waals surface area contributed by atoms with Gasteiger partial charge in [-0.2, -0.15) is 0 Å². The first-order chi connectivity index (χ1) is 17.1. The lowest BCUT2D eigenvalue weighted by Crippen LogP contribution is -2.08. The van der Waals surface area contributed by atoms with Crippen LogP contribution in [0.4, 0.5) is 0 Å². The van der Waals surface area contributed by atoms with E-state index in [1.807, 2.05) is 42.5 Å². The van der Waals surface area contributed by atoms with Gasteiger partial charge in [-0.25, -0.2) is 0 Å². The molecule has 0 bridgehead atoms. The zero-order chi connectivity index (χ0) is 25.2. The fourth-order valence-corrected chi connectivity index (χ4v) is 4.32. The van der Waals surface area contributed by atoms with E-state index in [4.69, 9.17) is 18.9 Å². The molecule has 6 nitrogen and oxygen atoms in total. The predicted octanol–water partition coefficient (Wildman–Crippen LogP) is 5.76. The van der Waals surface area contributed by atoms with Gasteiger partial charge in [-0.3, -0.25) is 0 Å². The van der Waals surface area contributed by atoms with Gasteiger partial charge in [-0.05, 0) is 30.0 Å². The Morgan fingerprint density at radius 2 is 1.66 bits per heavy atom. The van der Waals surface area contributed by atoms with Crippen LogP contribution in [0.1, 0.15) is 49.0 Å². The first kappa shape index (κ1) is 26.4. The van der Waals surface area contributed by atoms with Crippen LogP contribution in [0, 0.1) is 0 Å². The van der Waals surface area contributed by atoms with Gasteiger partial charge in [0.05, 0.1) is 39.4 Å². The summed E-state index contributed by atoms with van der Waals surface area (Å²) in [6.45, 7) is 2.41. The second-order valence-corrected chi connectivity index (χ2v) is 8.31. The van der Waals surface area contributed by atoms with Gasteiger partial charge in [-0.1, -0.05) is 62.2 Å². The van der Waals surface area contributed by atoms with E-state index in [-0.39, 0.29) is 6.61 Å². The number of hydrogen-bond acceptors (Lipinski definition) is 6. The van der Waals surface area contributed by atoms with Gasteiger partial charge in [0.2, 0.25) is 0 Å². The largest absolute Gasteiger partial charge is 0.496 e. The minimum Gasteiger partial charge on any atom is -0.496 e. The highest BCUT2D eigenvalue weighted by Gasteiger charge is 2.26. The molecule has 0 aliphatic heterocycles. The van der Waals surface area contributed by atoms with Crippen LogP contribution in [-0.2, 0) is 13.0 Å². The van der Waals surface area contributed by atoms with Crippen LogP contribution < -0.4 is 18.9 Å². The van der Waals surface area contributed by atoms with E-state index in [0.29, 0.717) is 42.4 Å². The monoisotopic (exact) mass is 480 g/mol. The zero-order valence-corrected chi connectivity index (χ0v) is 21.0. The maximum atomic E-state index is 11.2. The minimum absolute atomic E-state index is 0.0486. The van der Waals surface area contributed by atoms with Crippen LogP contribution >= 0.6 is 0 Å². The Kier molecular flexibility index (Phi) is 9.82. The molecule has 3 aromatic carbocycles. The number of unbranched alkanes of at least 4 members (excludes halogenated alkanes) is 1. The lowest BCUT2D eigenvalue weighted by molar-refractivity contribution is 0.159. The van der Waals surface area contributed by atoms with E-state index in [2.05, 4.69) is 6.92 Å². The van der Waals surface area contributed by atoms with Crippen LogP contribution in [0.5, 0.6) is 23.0 Å². The van der Waals surface area contributed by atoms with E-state index in [9.17, 15) is 10.2 Å². The van der Waals surface area contributed by atoms with Crippen molar-refractivity contribution in [2.75, 3.05) is 27.9 Å². The summed E-state index contributed by atoms with van der Waals surface area (Å²) in [6.07, 6.45) is 5.86. The molecule has 1 atom stereocenters. The quantitative estimate of drug-likeness (QED) is 0.303. The van der Waals surface area contributed by atoms with Gasteiger partial charge in [0.25, 0.3) is 0 Å². The molecule has 0 saturated carbocycles. The number of hydrogen-bond donors (Lipinski definition) is 2. The first-order valence-electron chi connectivity index (χ1n) is 12.0. The summed E-state index contributed by atoms with van der Waals surface area (Å²) in [5.41, 5.74) is 2.65. The summed E-state index contributed by atoms with van der Waals surface area (Å²) in [4.78, 5) is 0. The molecule has 188 valence electrons. The third-order valence-electron chi connectivity index (χ3n) is 6.02. The minimum atomic E-state index is -0.707. The lowest BCUT2D eigenvalue weighted by atomic mass is 9.90. The average Bonchev–Trinajstić information content (AvgIpc) is 2.89. The summed E-state index contributed by atoms with van der Waals surface area (Å²) in [6, 6.07) is 13.7. The van der Waals surface area contributed by atoms with Gasteiger partial charge in [-0.15, -0.1) is 0 Å². The lowest BCUT2D eigenvalue weighted by Gasteiger charge is -2.24. The molecule has 0 amide bonds. The number of benzene rings is 3. The Labute approximate surface area is 207 Å². The van der Waals surface area contributed by atoms with Crippen molar-refractivity contribution in [2.24, 2.45) is 0 Å². The number of allylic oxidation sites excluding steroid dienone is 1. The number of fused-ring (bicyclic) bond motifs is 1. The van der Waals surface area contributed by atoms with Crippen molar-refractivity contribution in [1.29, 1.82) is 0 Å². The molecule has 0 spiro atoms. The van der Waals surface area contributed by atoms with E-state index < -0.39 is 6.10 Å². The van der Waals surface area contributed by atoms with Crippen molar-refractivity contribution in [3.8, 4) is 23.0 Å². The first-order valence-corrected chi connectivity index (χ1v) is 12.0. The molecule has 35 heavy (non-hydrogen) atoms. The molecule has 0 saturated heterocycles. The number of methoxy groups -OCH3 is 3. The predicted molar refractivity (Wildman–Crippen MR) is 139 cm³/mol. The van der Waals surface area contributed by atoms with Gasteiger partial charge in [0.15, 0.2) is 11.5 Å². The summed E-state index contributed by atoms with van der Waals surface area (Å²) < 4.78 is 23.7.